The van der Waals surface area contributed by atoms with Crippen LogP contribution in [0.5, 0.6) is 0 Å². The lowest BCUT2D eigenvalue weighted by molar-refractivity contribution is -0.157. The third kappa shape index (κ3) is 3.14. The zero-order valence-electron chi connectivity index (χ0n) is 10.8. The Morgan fingerprint density at radius 1 is 1.45 bits per heavy atom. The zero-order valence-corrected chi connectivity index (χ0v) is 10.8. The number of primary amides is 1. The van der Waals surface area contributed by atoms with E-state index in [0.717, 1.165) is 17.2 Å². The highest BCUT2D eigenvalue weighted by atomic mass is 19.4. The molecule has 0 saturated carbocycles. The van der Waals surface area contributed by atoms with Crippen molar-refractivity contribution in [3.63, 3.8) is 0 Å². The van der Waals surface area contributed by atoms with Gasteiger partial charge in [0.15, 0.2) is 0 Å². The van der Waals surface area contributed by atoms with Crippen LogP contribution in [0.2, 0.25) is 0 Å². The second-order valence-corrected chi connectivity index (χ2v) is 3.94. The van der Waals surface area contributed by atoms with Crippen LogP contribution in [0.15, 0.2) is 18.2 Å². The maximum Gasteiger partial charge on any atom is 0.417 e. The van der Waals surface area contributed by atoms with Crippen LogP contribution >= 0.6 is 0 Å². The molecule has 5 nitrogen and oxygen atoms in total. The van der Waals surface area contributed by atoms with Gasteiger partial charge in [-0.2, -0.15) is 18.2 Å². The molecule has 110 valence electrons. The molecule has 8 heteroatoms. The summed E-state index contributed by atoms with van der Waals surface area (Å²) in [5.74, 6) is -1.22. The minimum absolute atomic E-state index is 0.291. The SMILES string of the molecule is CON(C)C(C=O)c1cccc(C(N)=O)c1C(F)(F)F. The van der Waals surface area contributed by atoms with E-state index in [9.17, 15) is 22.8 Å². The van der Waals surface area contributed by atoms with Gasteiger partial charge in [-0.25, -0.2) is 0 Å². The summed E-state index contributed by atoms with van der Waals surface area (Å²) in [6, 6.07) is 1.98. The molecule has 1 atom stereocenters. The molecule has 0 aliphatic carbocycles. The fraction of sp³-hybridized carbons (Fsp3) is 0.333. The van der Waals surface area contributed by atoms with E-state index < -0.39 is 34.8 Å². The van der Waals surface area contributed by atoms with Gasteiger partial charge in [0.25, 0.3) is 0 Å². The number of benzene rings is 1. The average Bonchev–Trinajstić information content (AvgIpc) is 2.37. The molecule has 0 fully saturated rings. The third-order valence-corrected chi connectivity index (χ3v) is 2.77. The molecule has 0 saturated heterocycles. The van der Waals surface area contributed by atoms with Crippen LogP contribution in [0.25, 0.3) is 0 Å². The van der Waals surface area contributed by atoms with Crippen molar-refractivity contribution in [2.24, 2.45) is 5.73 Å². The van der Waals surface area contributed by atoms with Crippen LogP contribution in [0.1, 0.15) is 27.5 Å². The summed E-state index contributed by atoms with van der Waals surface area (Å²) in [5.41, 5.74) is 2.65. The van der Waals surface area contributed by atoms with Gasteiger partial charge in [0.05, 0.1) is 18.2 Å². The largest absolute Gasteiger partial charge is 0.417 e. The van der Waals surface area contributed by atoms with Gasteiger partial charge in [0.2, 0.25) is 5.91 Å². The Kier molecular flexibility index (Phi) is 4.85. The van der Waals surface area contributed by atoms with Crippen LogP contribution in [-0.4, -0.2) is 31.4 Å². The predicted molar refractivity (Wildman–Crippen MR) is 63.5 cm³/mol. The summed E-state index contributed by atoms with van der Waals surface area (Å²) in [5, 5.41) is 0.947. The molecule has 0 aromatic heterocycles. The molecule has 1 aromatic carbocycles. The number of hydroxylamine groups is 2. The van der Waals surface area contributed by atoms with Gasteiger partial charge < -0.3 is 15.4 Å². The lowest BCUT2D eigenvalue weighted by Crippen LogP contribution is -2.29. The molecule has 0 aliphatic rings. The summed E-state index contributed by atoms with van der Waals surface area (Å²) >= 11 is 0. The standard InChI is InChI=1S/C12H13F3N2O3/c1-17(20-2)9(6-18)7-4-3-5-8(11(16)19)10(7)12(13,14)15/h3-6,9H,1-2H3,(H2,16,19). The summed E-state index contributed by atoms with van der Waals surface area (Å²) in [7, 11) is 2.51. The fourth-order valence-corrected chi connectivity index (χ4v) is 1.81. The number of carbonyl (C=O) groups is 2. The molecule has 20 heavy (non-hydrogen) atoms. The number of hydrogen-bond acceptors (Lipinski definition) is 4. The van der Waals surface area contributed by atoms with Crippen molar-refractivity contribution in [3.8, 4) is 0 Å². The van der Waals surface area contributed by atoms with E-state index in [1.54, 1.807) is 0 Å². The Hall–Kier alpha value is -1.93. The van der Waals surface area contributed by atoms with Gasteiger partial charge in [-0.1, -0.05) is 12.1 Å². The van der Waals surface area contributed by atoms with Gasteiger partial charge in [-0.3, -0.25) is 4.79 Å². The summed E-state index contributed by atoms with van der Waals surface area (Å²) in [6.07, 6.45) is -4.53. The first-order chi connectivity index (χ1) is 9.23. The van der Waals surface area contributed by atoms with Crippen LogP contribution < -0.4 is 5.73 Å². The molecule has 1 aromatic rings. The number of aldehydes is 1. The normalized spacial score (nSPS) is 13.3. The van der Waals surface area contributed by atoms with Crippen LogP contribution in [0, 0.1) is 0 Å². The van der Waals surface area contributed by atoms with E-state index in [1.807, 2.05) is 0 Å². The minimum Gasteiger partial charge on any atom is -0.366 e. The lowest BCUT2D eigenvalue weighted by Gasteiger charge is -2.25. The number of hydrogen-bond donors (Lipinski definition) is 1. The van der Waals surface area contributed by atoms with Gasteiger partial charge in [0, 0.05) is 7.05 Å². The van der Waals surface area contributed by atoms with E-state index >= 15 is 0 Å². The lowest BCUT2D eigenvalue weighted by atomic mass is 9.95. The number of halogens is 3. The molecule has 1 amide bonds. The molecule has 0 bridgehead atoms. The monoisotopic (exact) mass is 290 g/mol. The van der Waals surface area contributed by atoms with Gasteiger partial charge >= 0.3 is 6.18 Å². The topological polar surface area (TPSA) is 72.6 Å². The van der Waals surface area contributed by atoms with E-state index in [-0.39, 0.29) is 0 Å². The summed E-state index contributed by atoms with van der Waals surface area (Å²) < 4.78 is 39.5. The fourth-order valence-electron chi connectivity index (χ4n) is 1.81. The van der Waals surface area contributed by atoms with E-state index in [1.165, 1.54) is 20.2 Å². The van der Waals surface area contributed by atoms with E-state index in [0.29, 0.717) is 6.29 Å². The van der Waals surface area contributed by atoms with Gasteiger partial charge in [0.1, 0.15) is 12.3 Å². The Labute approximate surface area is 113 Å². The second kappa shape index (κ2) is 6.02. The van der Waals surface area contributed by atoms with Crippen molar-refractivity contribution in [2.75, 3.05) is 14.2 Å². The Bertz CT molecular complexity index is 517. The number of amides is 1. The number of alkyl halides is 3. The molecule has 0 spiro atoms. The first kappa shape index (κ1) is 16.1. The Morgan fingerprint density at radius 3 is 2.45 bits per heavy atom. The number of carbonyl (C=O) groups excluding carboxylic acids is 2. The summed E-state index contributed by atoms with van der Waals surface area (Å²) in [6.45, 7) is 0. The van der Waals surface area contributed by atoms with Crippen molar-refractivity contribution in [1.29, 1.82) is 0 Å². The number of rotatable bonds is 5. The number of nitrogens with zero attached hydrogens (tertiary/aromatic N) is 1. The highest BCUT2D eigenvalue weighted by Crippen LogP contribution is 2.37. The van der Waals surface area contributed by atoms with Crippen molar-refractivity contribution in [2.45, 2.75) is 12.2 Å². The molecular weight excluding hydrogens is 277 g/mol. The molecule has 1 unspecified atom stereocenters. The maximum absolute atomic E-state index is 13.2. The highest BCUT2D eigenvalue weighted by Gasteiger charge is 2.39. The second-order valence-electron chi connectivity index (χ2n) is 3.94. The van der Waals surface area contributed by atoms with E-state index in [4.69, 9.17) is 10.6 Å². The van der Waals surface area contributed by atoms with Crippen molar-refractivity contribution < 1.29 is 27.6 Å². The maximum atomic E-state index is 13.2. The minimum atomic E-state index is -4.82. The van der Waals surface area contributed by atoms with Gasteiger partial charge in [-0.15, -0.1) is 0 Å². The summed E-state index contributed by atoms with van der Waals surface area (Å²) in [4.78, 5) is 27.0. The predicted octanol–water partition coefficient (Wildman–Crippen LogP) is 1.54. The first-order valence-electron chi connectivity index (χ1n) is 5.46. The highest BCUT2D eigenvalue weighted by molar-refractivity contribution is 5.95. The van der Waals surface area contributed by atoms with Crippen LogP contribution in [0.4, 0.5) is 13.2 Å². The zero-order chi connectivity index (χ0) is 15.5. The van der Waals surface area contributed by atoms with Crippen molar-refractivity contribution in [1.82, 2.24) is 5.06 Å². The van der Waals surface area contributed by atoms with Crippen molar-refractivity contribution >= 4 is 12.2 Å². The Balaban J connectivity index is 3.58. The molecule has 1 rings (SSSR count). The smallest absolute Gasteiger partial charge is 0.366 e. The third-order valence-electron chi connectivity index (χ3n) is 2.77. The van der Waals surface area contributed by atoms with Crippen molar-refractivity contribution in [3.05, 3.63) is 34.9 Å². The van der Waals surface area contributed by atoms with Gasteiger partial charge in [-0.05, 0) is 11.6 Å². The van der Waals surface area contributed by atoms with E-state index in [2.05, 4.69) is 0 Å². The Morgan fingerprint density at radius 2 is 2.05 bits per heavy atom. The number of likely N-dealkylation sites (N-methyl/N-ethyl adjacent to an activating group) is 1. The van der Waals surface area contributed by atoms with Crippen LogP contribution in [0.3, 0.4) is 0 Å². The quantitative estimate of drug-likeness (QED) is 0.659. The number of nitrogens with two attached hydrogens (primary N) is 1. The molecule has 2 N–H and O–H groups in total. The molecule has 0 aliphatic heterocycles. The average molecular weight is 290 g/mol. The molecule has 0 radical (unpaired) electrons. The molecule has 0 heterocycles. The first-order valence-corrected chi connectivity index (χ1v) is 5.46. The molecular formula is C12H13F3N2O3. The van der Waals surface area contributed by atoms with Crippen LogP contribution in [-0.2, 0) is 15.8 Å².